The van der Waals surface area contributed by atoms with Crippen LogP contribution >= 0.6 is 0 Å². The first-order chi connectivity index (χ1) is 21.1. The van der Waals surface area contributed by atoms with Crippen molar-refractivity contribution in [2.45, 2.75) is 63.6 Å². The number of carbonyl (C=O) groups excluding carboxylic acids is 3. The van der Waals surface area contributed by atoms with E-state index in [4.69, 9.17) is 4.74 Å². The summed E-state index contributed by atoms with van der Waals surface area (Å²) in [6, 6.07) is 10.0. The predicted molar refractivity (Wildman–Crippen MR) is 164 cm³/mol. The largest absolute Gasteiger partial charge is 0.497 e. The summed E-state index contributed by atoms with van der Waals surface area (Å²) in [4.78, 5) is 60.0. The van der Waals surface area contributed by atoms with E-state index in [-0.39, 0.29) is 31.1 Å². The molecule has 0 spiro atoms. The van der Waals surface area contributed by atoms with Crippen molar-refractivity contribution in [3.8, 4) is 17.0 Å². The van der Waals surface area contributed by atoms with Gasteiger partial charge in [0.1, 0.15) is 23.5 Å². The van der Waals surface area contributed by atoms with Crippen molar-refractivity contribution in [2.24, 2.45) is 11.8 Å². The van der Waals surface area contributed by atoms with Gasteiger partial charge in [-0.25, -0.2) is 9.78 Å². The number of aliphatic carboxylic acids is 1. The van der Waals surface area contributed by atoms with E-state index in [0.29, 0.717) is 17.9 Å². The number of carboxylic acid groups (broad SMARTS) is 1. The molecule has 11 heteroatoms. The van der Waals surface area contributed by atoms with Gasteiger partial charge in [-0.05, 0) is 43.5 Å². The van der Waals surface area contributed by atoms with Crippen LogP contribution in [-0.2, 0) is 14.4 Å². The summed E-state index contributed by atoms with van der Waals surface area (Å²) in [7, 11) is 3.12. The van der Waals surface area contributed by atoms with Crippen LogP contribution in [0.2, 0.25) is 0 Å². The second kappa shape index (κ2) is 15.0. The molecule has 4 rings (SSSR count). The van der Waals surface area contributed by atoms with Gasteiger partial charge in [0, 0.05) is 44.0 Å². The molecule has 2 aliphatic rings. The zero-order valence-corrected chi connectivity index (χ0v) is 25.5. The fraction of sp³-hybridized carbons (Fsp3) is 0.485. The number of nitrogens with zero attached hydrogens (tertiary/aromatic N) is 3. The molecule has 0 bridgehead atoms. The van der Waals surface area contributed by atoms with Crippen LogP contribution in [0.25, 0.3) is 11.3 Å². The molecule has 11 nitrogen and oxygen atoms in total. The molecule has 3 amide bonds. The predicted octanol–water partition coefficient (Wildman–Crippen LogP) is 3.13. The molecule has 3 heterocycles. The highest BCUT2D eigenvalue weighted by molar-refractivity contribution is 5.94. The first-order valence-corrected chi connectivity index (χ1v) is 15.1. The first-order valence-electron chi connectivity index (χ1n) is 15.1. The van der Waals surface area contributed by atoms with Crippen molar-refractivity contribution < 1.29 is 34.1 Å². The lowest BCUT2D eigenvalue weighted by atomic mass is 9.94. The molecule has 1 saturated heterocycles. The quantitative estimate of drug-likeness (QED) is 0.425. The summed E-state index contributed by atoms with van der Waals surface area (Å²) in [5.41, 5.74) is 1.52. The van der Waals surface area contributed by atoms with E-state index < -0.39 is 47.8 Å². The Balaban J connectivity index is 1.58. The molecule has 0 radical (unpaired) electrons. The number of allylic oxidation sites excluding steroid dienone is 1. The third-order valence-electron chi connectivity index (χ3n) is 8.41. The lowest BCUT2D eigenvalue weighted by Crippen LogP contribution is -2.55. The van der Waals surface area contributed by atoms with Crippen LogP contribution in [0.1, 0.15) is 55.9 Å². The van der Waals surface area contributed by atoms with Crippen LogP contribution in [0.15, 0.2) is 54.6 Å². The highest BCUT2D eigenvalue weighted by Gasteiger charge is 2.48. The Kier molecular flexibility index (Phi) is 11.1. The standard InChI is InChI=1S/C33H42N4O7/c1-21-12-8-6-4-5-7-9-17-28(39)37-20-27(38)24(30(37)31(40)35-29(21)33(42)43)19-36(2)32(41)26-16-11-15-25(34-26)22-13-10-14-23(18-22)44-3/h8,10-16,18,21,24,27,29-30,38H,4-7,9,17,19-20H2,1-3H3,(H,35,40)(H,42,43)/b12-8-/t21-,24-,27-,29?,30-/m0/s1. The molecular weight excluding hydrogens is 564 g/mol. The molecule has 0 saturated carbocycles. The molecule has 5 atom stereocenters. The highest BCUT2D eigenvalue weighted by Crippen LogP contribution is 2.29. The molecule has 1 fully saturated rings. The molecule has 3 N–H and O–H groups in total. The lowest BCUT2D eigenvalue weighted by molar-refractivity contribution is -0.145. The normalized spacial score (nSPS) is 25.6. The smallest absolute Gasteiger partial charge is 0.326 e. The number of hydrogen-bond acceptors (Lipinski definition) is 7. The maximum Gasteiger partial charge on any atom is 0.326 e. The first kappa shape index (κ1) is 32.7. The molecule has 1 aromatic heterocycles. The van der Waals surface area contributed by atoms with Crippen LogP contribution < -0.4 is 10.1 Å². The second-order valence-corrected chi connectivity index (χ2v) is 11.6. The van der Waals surface area contributed by atoms with Crippen molar-refractivity contribution in [2.75, 3.05) is 27.2 Å². The molecule has 0 aliphatic carbocycles. The molecule has 44 heavy (non-hydrogen) atoms. The van der Waals surface area contributed by atoms with E-state index >= 15 is 0 Å². The van der Waals surface area contributed by atoms with Gasteiger partial charge in [-0.15, -0.1) is 0 Å². The molecule has 2 aromatic rings. The minimum absolute atomic E-state index is 0.0554. The number of aromatic nitrogens is 1. The van der Waals surface area contributed by atoms with Crippen molar-refractivity contribution in [1.29, 1.82) is 0 Å². The maximum absolute atomic E-state index is 13.7. The summed E-state index contributed by atoms with van der Waals surface area (Å²) in [5.74, 6) is -3.25. The van der Waals surface area contributed by atoms with Crippen LogP contribution in [0.5, 0.6) is 5.75 Å². The number of benzene rings is 1. The molecule has 2 aliphatic heterocycles. The summed E-state index contributed by atoms with van der Waals surface area (Å²) < 4.78 is 5.30. The number of nitrogens with one attached hydrogen (secondary N) is 1. The van der Waals surface area contributed by atoms with E-state index in [1.807, 2.05) is 30.3 Å². The van der Waals surface area contributed by atoms with Gasteiger partial charge < -0.3 is 30.1 Å². The molecule has 236 valence electrons. The lowest BCUT2D eigenvalue weighted by Gasteiger charge is -2.31. The van der Waals surface area contributed by atoms with Crippen molar-refractivity contribution >= 4 is 23.7 Å². The van der Waals surface area contributed by atoms with Crippen molar-refractivity contribution in [3.05, 3.63) is 60.3 Å². The van der Waals surface area contributed by atoms with Gasteiger partial charge in [0.25, 0.3) is 5.91 Å². The van der Waals surface area contributed by atoms with Gasteiger partial charge in [-0.1, -0.05) is 50.1 Å². The number of carboxylic acids is 1. The number of amides is 3. The third-order valence-corrected chi connectivity index (χ3v) is 8.41. The number of hydrogen-bond donors (Lipinski definition) is 3. The van der Waals surface area contributed by atoms with E-state index in [9.17, 15) is 29.4 Å². The fourth-order valence-electron chi connectivity index (χ4n) is 5.91. The van der Waals surface area contributed by atoms with Gasteiger partial charge in [0.2, 0.25) is 11.8 Å². The van der Waals surface area contributed by atoms with Gasteiger partial charge in [-0.2, -0.15) is 0 Å². The Labute approximate surface area is 257 Å². The van der Waals surface area contributed by atoms with Crippen LogP contribution in [0, 0.1) is 11.8 Å². The van der Waals surface area contributed by atoms with E-state index in [1.165, 1.54) is 9.80 Å². The van der Waals surface area contributed by atoms with E-state index in [0.717, 1.165) is 31.2 Å². The molecular formula is C33H42N4O7. The van der Waals surface area contributed by atoms with Crippen LogP contribution in [-0.4, -0.2) is 94.1 Å². The fourth-order valence-corrected chi connectivity index (χ4v) is 5.91. The maximum atomic E-state index is 13.7. The zero-order chi connectivity index (χ0) is 31.8. The summed E-state index contributed by atoms with van der Waals surface area (Å²) >= 11 is 0. The number of carbonyl (C=O) groups is 4. The van der Waals surface area contributed by atoms with E-state index in [2.05, 4.69) is 10.3 Å². The summed E-state index contributed by atoms with van der Waals surface area (Å²) in [5, 5.41) is 23.7. The Morgan fingerprint density at radius 2 is 1.86 bits per heavy atom. The third kappa shape index (κ3) is 7.82. The number of aliphatic hydroxyl groups is 1. The second-order valence-electron chi connectivity index (χ2n) is 11.6. The van der Waals surface area contributed by atoms with Gasteiger partial charge in [0.15, 0.2) is 0 Å². The Hall–Kier alpha value is -4.25. The number of ether oxygens (including phenoxy) is 1. The molecule has 1 aromatic carbocycles. The Bertz CT molecular complexity index is 1380. The van der Waals surface area contributed by atoms with Crippen molar-refractivity contribution in [1.82, 2.24) is 20.1 Å². The highest BCUT2D eigenvalue weighted by atomic mass is 16.5. The minimum atomic E-state index is -1.22. The number of methoxy groups -OCH3 is 1. The van der Waals surface area contributed by atoms with Gasteiger partial charge in [0.05, 0.1) is 18.9 Å². The monoisotopic (exact) mass is 606 g/mol. The van der Waals surface area contributed by atoms with Crippen LogP contribution in [0.3, 0.4) is 0 Å². The minimum Gasteiger partial charge on any atom is -0.497 e. The average molecular weight is 607 g/mol. The molecule has 1 unspecified atom stereocenters. The Morgan fingerprint density at radius 3 is 2.61 bits per heavy atom. The zero-order valence-electron chi connectivity index (χ0n) is 25.5. The number of pyridine rings is 1. The number of aliphatic hydroxyl groups excluding tert-OH is 1. The Morgan fingerprint density at radius 1 is 1.11 bits per heavy atom. The van der Waals surface area contributed by atoms with Gasteiger partial charge >= 0.3 is 5.97 Å². The SMILES string of the molecule is COc1cccc(-c2cccc(C(=O)N(C)C[C@@H]3[C@H]4C(=O)NC(C(=O)O)[C@@H](C)/C=C\CCCCCCC(=O)N4C[C@@H]3O)n2)c1. The van der Waals surface area contributed by atoms with Crippen LogP contribution in [0.4, 0.5) is 0 Å². The van der Waals surface area contributed by atoms with Crippen molar-refractivity contribution in [3.63, 3.8) is 0 Å². The number of fused-ring (bicyclic) bond motifs is 1. The van der Waals surface area contributed by atoms with E-state index in [1.54, 1.807) is 45.4 Å². The average Bonchev–Trinajstić information content (AvgIpc) is 3.35. The topological polar surface area (TPSA) is 149 Å². The summed E-state index contributed by atoms with van der Waals surface area (Å²) in [6.45, 7) is 1.58. The number of rotatable bonds is 6. The van der Waals surface area contributed by atoms with Gasteiger partial charge in [-0.3, -0.25) is 14.4 Å². The summed E-state index contributed by atoms with van der Waals surface area (Å²) in [6.07, 6.45) is 6.99.